The van der Waals surface area contributed by atoms with Gasteiger partial charge in [0.1, 0.15) is 22.8 Å². The average Bonchev–Trinajstić information content (AvgIpc) is 2.97. The number of rotatable bonds is 8. The van der Waals surface area contributed by atoms with Crippen LogP contribution in [0.2, 0.25) is 5.02 Å². The van der Waals surface area contributed by atoms with Gasteiger partial charge >= 0.3 is 12.2 Å². The first-order valence-corrected chi connectivity index (χ1v) is 15.5. The van der Waals surface area contributed by atoms with E-state index in [-0.39, 0.29) is 12.5 Å². The maximum absolute atomic E-state index is 13.4. The van der Waals surface area contributed by atoms with Crippen LogP contribution < -0.4 is 15.5 Å². The second kappa shape index (κ2) is 14.6. The Balaban J connectivity index is 1.51. The van der Waals surface area contributed by atoms with E-state index in [0.717, 1.165) is 16.7 Å². The summed E-state index contributed by atoms with van der Waals surface area (Å²) in [5.41, 5.74) is 2.76. The Hall–Kier alpha value is -4.96. The van der Waals surface area contributed by atoms with Crippen LogP contribution in [0.25, 0.3) is 11.1 Å². The van der Waals surface area contributed by atoms with Gasteiger partial charge < -0.3 is 14.8 Å². The summed E-state index contributed by atoms with van der Waals surface area (Å²) in [6, 6.07) is 21.5. The molecule has 0 radical (unpaired) electrons. The van der Waals surface area contributed by atoms with Crippen LogP contribution in [0, 0.1) is 6.92 Å². The van der Waals surface area contributed by atoms with E-state index >= 15 is 0 Å². The lowest BCUT2D eigenvalue weighted by Gasteiger charge is -2.27. The normalized spacial score (nSPS) is 11.4. The SMILES string of the molecule is Cc1ccc(-c2ccc(Cl)cc2)c(C(=O)Nc2ccc(N(CCc3cccc(NC(=O)OC(C)(C)C)n3)C(=O)OC(C)(C)C)nc2)c1. The third-order valence-corrected chi connectivity index (χ3v) is 6.75. The number of ether oxygens (including phenoxy) is 2. The van der Waals surface area contributed by atoms with Gasteiger partial charge in [-0.1, -0.05) is 47.5 Å². The highest BCUT2D eigenvalue weighted by atomic mass is 35.5. The van der Waals surface area contributed by atoms with Crippen molar-refractivity contribution in [1.82, 2.24) is 9.97 Å². The number of pyridine rings is 2. The number of hydrogen-bond acceptors (Lipinski definition) is 7. The van der Waals surface area contributed by atoms with Crippen LogP contribution in [0.3, 0.4) is 0 Å². The van der Waals surface area contributed by atoms with Crippen molar-refractivity contribution in [3.63, 3.8) is 0 Å². The topological polar surface area (TPSA) is 123 Å². The number of aryl methyl sites for hydroxylation is 1. The molecule has 2 aromatic carbocycles. The second-order valence-corrected chi connectivity index (χ2v) is 13.4. The lowest BCUT2D eigenvalue weighted by Crippen LogP contribution is -2.38. The van der Waals surface area contributed by atoms with Crippen molar-refractivity contribution in [2.24, 2.45) is 0 Å². The fourth-order valence-electron chi connectivity index (χ4n) is 4.48. The number of benzene rings is 2. The molecule has 0 aliphatic rings. The zero-order chi connectivity index (χ0) is 34.4. The minimum absolute atomic E-state index is 0.185. The van der Waals surface area contributed by atoms with Gasteiger partial charge in [-0.15, -0.1) is 0 Å². The van der Waals surface area contributed by atoms with Crippen LogP contribution in [0.1, 0.15) is 63.2 Å². The number of carbonyl (C=O) groups is 3. The standard InChI is InChI=1S/C36H40ClN5O5/c1-23-11-17-28(24-12-14-25(37)15-13-24)29(21-23)32(43)40-27-16-18-31(38-22-27)42(34(45)47-36(5,6)7)20-19-26-9-8-10-30(39-26)41-33(44)46-35(2,3)4/h8-18,21-22H,19-20H2,1-7H3,(H,40,43)(H,39,41,44). The number of amides is 3. The maximum Gasteiger partial charge on any atom is 0.416 e. The highest BCUT2D eigenvalue weighted by Gasteiger charge is 2.25. The van der Waals surface area contributed by atoms with Crippen LogP contribution in [-0.4, -0.2) is 45.8 Å². The molecule has 0 fully saturated rings. The van der Waals surface area contributed by atoms with Crippen LogP contribution in [0.4, 0.5) is 26.9 Å². The first-order valence-electron chi connectivity index (χ1n) is 15.2. The molecule has 0 unspecified atom stereocenters. The Kier molecular flexibility index (Phi) is 10.9. The molecule has 3 amide bonds. The fourth-order valence-corrected chi connectivity index (χ4v) is 4.61. The van der Waals surface area contributed by atoms with Gasteiger partial charge in [-0.25, -0.2) is 19.6 Å². The number of nitrogens with zero attached hydrogens (tertiary/aromatic N) is 3. The van der Waals surface area contributed by atoms with Crippen LogP contribution in [0.15, 0.2) is 79.0 Å². The van der Waals surface area contributed by atoms with Crippen molar-refractivity contribution in [2.75, 3.05) is 22.1 Å². The highest BCUT2D eigenvalue weighted by molar-refractivity contribution is 6.30. The van der Waals surface area contributed by atoms with Crippen LogP contribution in [0.5, 0.6) is 0 Å². The Morgan fingerprint density at radius 2 is 1.55 bits per heavy atom. The van der Waals surface area contributed by atoms with Gasteiger partial charge in [0.05, 0.1) is 11.9 Å². The van der Waals surface area contributed by atoms with E-state index in [1.54, 1.807) is 84.0 Å². The molecule has 4 aromatic rings. The molecular weight excluding hydrogens is 618 g/mol. The number of hydrogen-bond donors (Lipinski definition) is 2. The van der Waals surface area contributed by atoms with Crippen molar-refractivity contribution in [3.8, 4) is 11.1 Å². The summed E-state index contributed by atoms with van der Waals surface area (Å²) >= 11 is 6.07. The maximum atomic E-state index is 13.4. The summed E-state index contributed by atoms with van der Waals surface area (Å²) < 4.78 is 11.0. The Bertz CT molecular complexity index is 1730. The average molecular weight is 658 g/mol. The summed E-state index contributed by atoms with van der Waals surface area (Å²) in [4.78, 5) is 49.3. The number of nitrogens with one attached hydrogen (secondary N) is 2. The van der Waals surface area contributed by atoms with E-state index in [2.05, 4.69) is 20.6 Å². The molecule has 2 aromatic heterocycles. The Morgan fingerprint density at radius 1 is 0.851 bits per heavy atom. The highest BCUT2D eigenvalue weighted by Crippen LogP contribution is 2.27. The van der Waals surface area contributed by atoms with E-state index in [1.807, 2.05) is 37.3 Å². The van der Waals surface area contributed by atoms with E-state index < -0.39 is 23.4 Å². The molecule has 4 rings (SSSR count). The van der Waals surface area contributed by atoms with Gasteiger partial charge in [0.25, 0.3) is 5.91 Å². The summed E-state index contributed by atoms with van der Waals surface area (Å²) in [5, 5.41) is 6.16. The molecule has 246 valence electrons. The van der Waals surface area contributed by atoms with Crippen LogP contribution >= 0.6 is 11.6 Å². The lowest BCUT2D eigenvalue weighted by molar-refractivity contribution is 0.0577. The van der Waals surface area contributed by atoms with Gasteiger partial charge in [-0.2, -0.15) is 0 Å². The van der Waals surface area contributed by atoms with Gasteiger partial charge in [-0.3, -0.25) is 15.0 Å². The fraction of sp³-hybridized carbons (Fsp3) is 0.306. The van der Waals surface area contributed by atoms with E-state index in [0.29, 0.717) is 40.0 Å². The van der Waals surface area contributed by atoms with E-state index in [1.165, 1.54) is 11.1 Å². The number of carbonyl (C=O) groups excluding carboxylic acids is 3. The Labute approximate surface area is 280 Å². The zero-order valence-corrected chi connectivity index (χ0v) is 28.4. The Morgan fingerprint density at radius 3 is 2.19 bits per heavy atom. The van der Waals surface area contributed by atoms with Crippen molar-refractivity contribution < 1.29 is 23.9 Å². The quantitative estimate of drug-likeness (QED) is 0.194. The first kappa shape index (κ1) is 34.9. The molecule has 0 aliphatic carbocycles. The van der Waals surface area contributed by atoms with Gasteiger partial charge in [0, 0.05) is 29.2 Å². The summed E-state index contributed by atoms with van der Waals surface area (Å²) in [6.45, 7) is 12.8. The number of aromatic nitrogens is 2. The van der Waals surface area contributed by atoms with Crippen molar-refractivity contribution in [3.05, 3.63) is 101 Å². The summed E-state index contributed by atoms with van der Waals surface area (Å²) in [5.74, 6) is 0.354. The van der Waals surface area contributed by atoms with Gasteiger partial charge in [0.15, 0.2) is 0 Å². The molecular formula is C36H40ClN5O5. The zero-order valence-electron chi connectivity index (χ0n) is 27.7. The molecule has 2 N–H and O–H groups in total. The molecule has 0 saturated heterocycles. The predicted octanol–water partition coefficient (Wildman–Crippen LogP) is 8.69. The van der Waals surface area contributed by atoms with Crippen LogP contribution in [-0.2, 0) is 15.9 Å². The first-order chi connectivity index (χ1) is 22.1. The molecule has 0 spiro atoms. The van der Waals surface area contributed by atoms with E-state index in [9.17, 15) is 14.4 Å². The van der Waals surface area contributed by atoms with Gasteiger partial charge in [-0.05, 0) is 102 Å². The smallest absolute Gasteiger partial charge is 0.416 e. The minimum atomic E-state index is -0.742. The summed E-state index contributed by atoms with van der Waals surface area (Å²) in [7, 11) is 0. The van der Waals surface area contributed by atoms with E-state index in [4.69, 9.17) is 21.1 Å². The van der Waals surface area contributed by atoms with Gasteiger partial charge in [0.2, 0.25) is 0 Å². The molecule has 0 aliphatic heterocycles. The molecule has 0 saturated carbocycles. The molecule has 0 atom stereocenters. The largest absolute Gasteiger partial charge is 0.444 e. The van der Waals surface area contributed by atoms with Crippen molar-refractivity contribution >= 4 is 47.0 Å². The number of halogens is 1. The van der Waals surface area contributed by atoms with Crippen molar-refractivity contribution in [2.45, 2.75) is 66.1 Å². The summed E-state index contributed by atoms with van der Waals surface area (Å²) in [6.07, 6.45) is 0.630. The third kappa shape index (κ3) is 10.5. The predicted molar refractivity (Wildman–Crippen MR) is 185 cm³/mol. The molecule has 0 bridgehead atoms. The van der Waals surface area contributed by atoms with Crippen molar-refractivity contribution in [1.29, 1.82) is 0 Å². The molecule has 11 heteroatoms. The third-order valence-electron chi connectivity index (χ3n) is 6.50. The monoisotopic (exact) mass is 657 g/mol. The minimum Gasteiger partial charge on any atom is -0.444 e. The molecule has 47 heavy (non-hydrogen) atoms. The lowest BCUT2D eigenvalue weighted by atomic mass is 9.97. The number of anilines is 3. The molecule has 10 nitrogen and oxygen atoms in total. The second-order valence-electron chi connectivity index (χ2n) is 12.9. The molecule has 2 heterocycles.